The molecule has 0 amide bonds. The van der Waals surface area contributed by atoms with Gasteiger partial charge in [-0.05, 0) is 31.5 Å². The average Bonchev–Trinajstić information content (AvgIpc) is 2.29. The predicted octanol–water partition coefficient (Wildman–Crippen LogP) is 2.16. The van der Waals surface area contributed by atoms with Crippen molar-refractivity contribution in [3.05, 3.63) is 23.8 Å². The smallest absolute Gasteiger partial charge is 0.161 e. The van der Waals surface area contributed by atoms with Gasteiger partial charge < -0.3 is 19.3 Å². The lowest BCUT2D eigenvalue weighted by molar-refractivity contribution is 0.0899. The average molecular weight is 240 g/mol. The minimum absolute atomic E-state index is 0.0497. The van der Waals surface area contributed by atoms with Crippen LogP contribution in [0.5, 0.6) is 11.5 Å². The van der Waals surface area contributed by atoms with Crippen LogP contribution in [0, 0.1) is 0 Å². The van der Waals surface area contributed by atoms with Gasteiger partial charge in [0.25, 0.3) is 0 Å². The van der Waals surface area contributed by atoms with Gasteiger partial charge in [-0.25, -0.2) is 0 Å². The molecule has 0 saturated carbocycles. The Hall–Kier alpha value is -1.26. The second kappa shape index (κ2) is 6.47. The molecular formula is C13H20O4. The molecule has 0 saturated heterocycles. The first-order chi connectivity index (χ1) is 8.08. The fourth-order valence-electron chi connectivity index (χ4n) is 1.53. The Morgan fingerprint density at radius 1 is 1.18 bits per heavy atom. The van der Waals surface area contributed by atoms with Crippen LogP contribution in [-0.2, 0) is 4.74 Å². The zero-order valence-electron chi connectivity index (χ0n) is 10.8. The zero-order valence-corrected chi connectivity index (χ0v) is 10.8. The summed E-state index contributed by atoms with van der Waals surface area (Å²) in [6, 6.07) is 5.40. The van der Waals surface area contributed by atoms with Gasteiger partial charge in [-0.1, -0.05) is 6.07 Å². The molecule has 1 N–H and O–H groups in total. The topological polar surface area (TPSA) is 47.9 Å². The van der Waals surface area contributed by atoms with E-state index >= 15 is 0 Å². The highest BCUT2D eigenvalue weighted by atomic mass is 16.5. The molecule has 4 heteroatoms. The zero-order chi connectivity index (χ0) is 12.8. The molecule has 1 aromatic rings. The van der Waals surface area contributed by atoms with Crippen molar-refractivity contribution in [3.63, 3.8) is 0 Å². The van der Waals surface area contributed by atoms with E-state index in [9.17, 15) is 5.11 Å². The molecular weight excluding hydrogens is 220 g/mol. The summed E-state index contributed by atoms with van der Waals surface area (Å²) >= 11 is 0. The minimum atomic E-state index is -0.519. The number of methoxy groups -OCH3 is 2. The van der Waals surface area contributed by atoms with E-state index < -0.39 is 6.10 Å². The number of hydrogen-bond donors (Lipinski definition) is 1. The van der Waals surface area contributed by atoms with Gasteiger partial charge in [0.1, 0.15) is 6.10 Å². The van der Waals surface area contributed by atoms with Crippen molar-refractivity contribution in [1.82, 2.24) is 0 Å². The first-order valence-electron chi connectivity index (χ1n) is 5.60. The Labute approximate surface area is 102 Å². The predicted molar refractivity (Wildman–Crippen MR) is 65.6 cm³/mol. The number of rotatable bonds is 6. The number of benzene rings is 1. The van der Waals surface area contributed by atoms with Gasteiger partial charge in [0.05, 0.1) is 19.8 Å². The van der Waals surface area contributed by atoms with Gasteiger partial charge in [0, 0.05) is 7.11 Å². The highest BCUT2D eigenvalue weighted by molar-refractivity contribution is 5.43. The second-order valence-electron chi connectivity index (χ2n) is 3.97. The lowest BCUT2D eigenvalue weighted by atomic mass is 10.1. The molecule has 4 nitrogen and oxygen atoms in total. The Balaban J connectivity index is 2.85. The lowest BCUT2D eigenvalue weighted by Crippen LogP contribution is -2.18. The summed E-state index contributed by atoms with van der Waals surface area (Å²) in [5.74, 6) is 1.27. The Bertz CT molecular complexity index is 349. The Kier molecular flexibility index (Phi) is 5.25. The third-order valence-corrected chi connectivity index (χ3v) is 2.40. The van der Waals surface area contributed by atoms with Crippen LogP contribution >= 0.6 is 0 Å². The maximum Gasteiger partial charge on any atom is 0.161 e. The molecule has 0 spiro atoms. The molecule has 0 aliphatic heterocycles. The summed E-state index contributed by atoms with van der Waals surface area (Å²) in [6.45, 7) is 4.15. The molecule has 0 fully saturated rings. The highest BCUT2D eigenvalue weighted by Crippen LogP contribution is 2.30. The van der Waals surface area contributed by atoms with Crippen molar-refractivity contribution in [2.45, 2.75) is 26.1 Å². The fourth-order valence-corrected chi connectivity index (χ4v) is 1.53. The van der Waals surface area contributed by atoms with E-state index in [1.54, 1.807) is 33.3 Å². The largest absolute Gasteiger partial charge is 0.493 e. The summed E-state index contributed by atoms with van der Waals surface area (Å²) < 4.78 is 15.9. The van der Waals surface area contributed by atoms with Crippen LogP contribution in [0.2, 0.25) is 0 Å². The second-order valence-corrected chi connectivity index (χ2v) is 3.97. The highest BCUT2D eigenvalue weighted by Gasteiger charge is 2.11. The fraction of sp³-hybridized carbons (Fsp3) is 0.538. The van der Waals surface area contributed by atoms with Crippen molar-refractivity contribution >= 4 is 0 Å². The van der Waals surface area contributed by atoms with Gasteiger partial charge in [-0.3, -0.25) is 0 Å². The summed E-state index contributed by atoms with van der Waals surface area (Å²) in [5.41, 5.74) is 0.800. The van der Waals surface area contributed by atoms with E-state index in [0.717, 1.165) is 5.56 Å². The van der Waals surface area contributed by atoms with E-state index in [2.05, 4.69) is 0 Å². The van der Waals surface area contributed by atoms with E-state index in [4.69, 9.17) is 14.2 Å². The van der Waals surface area contributed by atoms with Crippen molar-refractivity contribution in [2.24, 2.45) is 0 Å². The number of hydrogen-bond acceptors (Lipinski definition) is 4. The van der Waals surface area contributed by atoms with Crippen molar-refractivity contribution in [3.8, 4) is 11.5 Å². The van der Waals surface area contributed by atoms with Crippen LogP contribution in [-0.4, -0.2) is 32.0 Å². The molecule has 0 aliphatic rings. The van der Waals surface area contributed by atoms with Gasteiger partial charge in [-0.2, -0.15) is 0 Å². The molecule has 0 aliphatic carbocycles. The molecule has 1 aromatic carbocycles. The van der Waals surface area contributed by atoms with Gasteiger partial charge in [0.15, 0.2) is 11.5 Å². The lowest BCUT2D eigenvalue weighted by Gasteiger charge is -2.17. The van der Waals surface area contributed by atoms with Gasteiger partial charge in [-0.15, -0.1) is 0 Å². The summed E-state index contributed by atoms with van der Waals surface area (Å²) in [7, 11) is 3.21. The van der Waals surface area contributed by atoms with Gasteiger partial charge in [0.2, 0.25) is 0 Å². The normalized spacial score (nSPS) is 14.2. The first-order valence-corrected chi connectivity index (χ1v) is 5.60. The van der Waals surface area contributed by atoms with E-state index in [-0.39, 0.29) is 6.10 Å². The number of ether oxygens (including phenoxy) is 3. The molecule has 0 bridgehead atoms. The van der Waals surface area contributed by atoms with Crippen molar-refractivity contribution in [1.29, 1.82) is 0 Å². The van der Waals surface area contributed by atoms with Crippen LogP contribution in [0.4, 0.5) is 0 Å². The third kappa shape index (κ3) is 3.91. The van der Waals surface area contributed by atoms with Crippen LogP contribution in [0.3, 0.4) is 0 Å². The van der Waals surface area contributed by atoms with Crippen LogP contribution in [0.15, 0.2) is 18.2 Å². The molecule has 0 heterocycles. The monoisotopic (exact) mass is 240 g/mol. The van der Waals surface area contributed by atoms with Gasteiger partial charge >= 0.3 is 0 Å². The molecule has 1 unspecified atom stereocenters. The summed E-state index contributed by atoms with van der Waals surface area (Å²) in [4.78, 5) is 0. The SMILES string of the molecule is COCC(C)Oc1ccc([C@@H](C)O)cc1OC. The maximum atomic E-state index is 9.48. The van der Waals surface area contributed by atoms with Crippen molar-refractivity contribution in [2.75, 3.05) is 20.8 Å². The maximum absolute atomic E-state index is 9.48. The Morgan fingerprint density at radius 2 is 1.88 bits per heavy atom. The molecule has 1 rings (SSSR count). The molecule has 0 radical (unpaired) electrons. The van der Waals surface area contributed by atoms with E-state index in [0.29, 0.717) is 18.1 Å². The van der Waals surface area contributed by atoms with Crippen LogP contribution in [0.25, 0.3) is 0 Å². The summed E-state index contributed by atoms with van der Waals surface area (Å²) in [6.07, 6.45) is -0.569. The van der Waals surface area contributed by atoms with E-state index in [1.165, 1.54) is 0 Å². The summed E-state index contributed by atoms with van der Waals surface area (Å²) in [5, 5.41) is 9.48. The standard InChI is InChI=1S/C13H20O4/c1-9(8-15-3)17-12-6-5-11(10(2)14)7-13(12)16-4/h5-7,9-10,14H,8H2,1-4H3/t9?,10-/m1/s1. The number of aliphatic hydroxyl groups is 1. The first kappa shape index (κ1) is 13.8. The minimum Gasteiger partial charge on any atom is -0.493 e. The molecule has 2 atom stereocenters. The Morgan fingerprint density at radius 3 is 2.41 bits per heavy atom. The third-order valence-electron chi connectivity index (χ3n) is 2.40. The molecule has 0 aromatic heterocycles. The van der Waals surface area contributed by atoms with Crippen LogP contribution in [0.1, 0.15) is 25.5 Å². The number of aliphatic hydroxyl groups excluding tert-OH is 1. The van der Waals surface area contributed by atoms with E-state index in [1.807, 2.05) is 13.0 Å². The van der Waals surface area contributed by atoms with Crippen molar-refractivity contribution < 1.29 is 19.3 Å². The molecule has 17 heavy (non-hydrogen) atoms. The molecule has 96 valence electrons. The van der Waals surface area contributed by atoms with Crippen LogP contribution < -0.4 is 9.47 Å². The quantitative estimate of drug-likeness (QED) is 0.827.